The van der Waals surface area contributed by atoms with Crippen LogP contribution in [0.15, 0.2) is 24.3 Å². The van der Waals surface area contributed by atoms with E-state index >= 15 is 0 Å². The van der Waals surface area contributed by atoms with E-state index in [1.165, 1.54) is 32.1 Å². The molecule has 17 heavy (non-hydrogen) atoms. The molecule has 1 aromatic rings. The lowest BCUT2D eigenvalue weighted by Crippen LogP contribution is -2.27. The van der Waals surface area contributed by atoms with Crippen LogP contribution in [0.1, 0.15) is 44.6 Å². The summed E-state index contributed by atoms with van der Waals surface area (Å²) in [5, 5.41) is 0. The van der Waals surface area contributed by atoms with Gasteiger partial charge >= 0.3 is 0 Å². The van der Waals surface area contributed by atoms with Crippen LogP contribution in [0.3, 0.4) is 0 Å². The predicted octanol–water partition coefficient (Wildman–Crippen LogP) is 3.98. The molecular weight excluding hydrogens is 213 g/mol. The highest BCUT2D eigenvalue weighted by Gasteiger charge is 2.28. The first-order chi connectivity index (χ1) is 8.31. The highest BCUT2D eigenvalue weighted by atomic mass is 19.1. The van der Waals surface area contributed by atoms with Crippen LogP contribution in [0.25, 0.3) is 0 Å². The number of nitrogens with zero attached hydrogens (tertiary/aromatic N) is 1. The summed E-state index contributed by atoms with van der Waals surface area (Å²) in [7, 11) is 0. The lowest BCUT2D eigenvalue weighted by atomic mass is 10.2. The number of hydrogen-bond donors (Lipinski definition) is 0. The van der Waals surface area contributed by atoms with Gasteiger partial charge in [0.05, 0.1) is 0 Å². The van der Waals surface area contributed by atoms with Crippen LogP contribution in [0, 0.1) is 5.82 Å². The van der Waals surface area contributed by atoms with Crippen molar-refractivity contribution in [1.29, 1.82) is 0 Å². The largest absolute Gasteiger partial charge is 0.296 e. The number of hydrogen-bond acceptors (Lipinski definition) is 1. The SMILES string of the molecule is CCCCCN(Cc1ccccc1F)C1CC1. The van der Waals surface area contributed by atoms with Crippen LogP contribution < -0.4 is 0 Å². The Hall–Kier alpha value is -0.890. The minimum absolute atomic E-state index is 0.0614. The summed E-state index contributed by atoms with van der Waals surface area (Å²) in [5.41, 5.74) is 0.843. The van der Waals surface area contributed by atoms with Gasteiger partial charge in [0, 0.05) is 18.2 Å². The van der Waals surface area contributed by atoms with E-state index in [0.29, 0.717) is 6.04 Å². The van der Waals surface area contributed by atoms with Crippen LogP contribution >= 0.6 is 0 Å². The Morgan fingerprint density at radius 3 is 2.65 bits per heavy atom. The Bertz CT molecular complexity index is 347. The molecule has 94 valence electrons. The van der Waals surface area contributed by atoms with E-state index in [1.807, 2.05) is 12.1 Å². The maximum Gasteiger partial charge on any atom is 0.127 e. The summed E-state index contributed by atoms with van der Waals surface area (Å²) in [5.74, 6) is -0.0614. The molecule has 0 aliphatic heterocycles. The van der Waals surface area contributed by atoms with Crippen molar-refractivity contribution in [3.05, 3.63) is 35.6 Å². The maximum absolute atomic E-state index is 13.6. The molecule has 0 heterocycles. The number of benzene rings is 1. The quantitative estimate of drug-likeness (QED) is 0.646. The lowest BCUT2D eigenvalue weighted by Gasteiger charge is -2.22. The molecule has 1 fully saturated rings. The van der Waals surface area contributed by atoms with Gasteiger partial charge in [-0.15, -0.1) is 0 Å². The van der Waals surface area contributed by atoms with Gasteiger partial charge in [0.15, 0.2) is 0 Å². The number of unbranched alkanes of at least 4 members (excludes halogenated alkanes) is 2. The van der Waals surface area contributed by atoms with Gasteiger partial charge in [-0.3, -0.25) is 4.90 Å². The second-order valence-electron chi connectivity index (χ2n) is 5.00. The predicted molar refractivity (Wildman–Crippen MR) is 69.4 cm³/mol. The Morgan fingerprint density at radius 1 is 1.24 bits per heavy atom. The minimum atomic E-state index is -0.0614. The first kappa shape index (κ1) is 12.6. The molecule has 2 heteroatoms. The van der Waals surface area contributed by atoms with E-state index < -0.39 is 0 Å². The maximum atomic E-state index is 13.6. The van der Waals surface area contributed by atoms with Gasteiger partial charge < -0.3 is 0 Å². The van der Waals surface area contributed by atoms with E-state index in [1.54, 1.807) is 12.1 Å². The van der Waals surface area contributed by atoms with Gasteiger partial charge in [-0.1, -0.05) is 38.0 Å². The molecule has 0 saturated heterocycles. The fraction of sp³-hybridized carbons (Fsp3) is 0.600. The van der Waals surface area contributed by atoms with Gasteiger partial charge in [0.2, 0.25) is 0 Å². The molecule has 0 amide bonds. The summed E-state index contributed by atoms with van der Waals surface area (Å²) >= 11 is 0. The van der Waals surface area contributed by atoms with Crippen molar-refractivity contribution in [1.82, 2.24) is 4.90 Å². The van der Waals surface area contributed by atoms with E-state index in [9.17, 15) is 4.39 Å². The van der Waals surface area contributed by atoms with Crippen molar-refractivity contribution in [2.45, 2.75) is 51.6 Å². The molecule has 0 radical (unpaired) electrons. The average Bonchev–Trinajstić information content (AvgIpc) is 3.15. The summed E-state index contributed by atoms with van der Waals surface area (Å²) in [4.78, 5) is 2.45. The summed E-state index contributed by atoms with van der Waals surface area (Å²) in [6.07, 6.45) is 6.35. The van der Waals surface area contributed by atoms with Crippen molar-refractivity contribution < 1.29 is 4.39 Å². The Morgan fingerprint density at radius 2 is 2.00 bits per heavy atom. The van der Waals surface area contributed by atoms with Crippen molar-refractivity contribution in [2.75, 3.05) is 6.54 Å². The molecule has 2 rings (SSSR count). The monoisotopic (exact) mass is 235 g/mol. The number of rotatable bonds is 7. The molecule has 0 N–H and O–H groups in total. The molecule has 0 unspecified atom stereocenters. The van der Waals surface area contributed by atoms with Gasteiger partial charge in [0.1, 0.15) is 5.82 Å². The van der Waals surface area contributed by atoms with E-state index in [-0.39, 0.29) is 5.82 Å². The van der Waals surface area contributed by atoms with Crippen molar-refractivity contribution in [2.24, 2.45) is 0 Å². The van der Waals surface area contributed by atoms with Crippen LogP contribution in [0.5, 0.6) is 0 Å². The zero-order chi connectivity index (χ0) is 12.1. The highest BCUT2D eigenvalue weighted by Crippen LogP contribution is 2.29. The normalized spacial score (nSPS) is 15.5. The molecular formula is C15H22FN. The minimum Gasteiger partial charge on any atom is -0.296 e. The standard InChI is InChI=1S/C15H22FN/c1-2-3-6-11-17(14-9-10-14)12-13-7-4-5-8-15(13)16/h4-5,7-8,14H,2-3,6,9-12H2,1H3. The molecule has 0 aromatic heterocycles. The summed E-state index contributed by atoms with van der Waals surface area (Å²) in [6.45, 7) is 4.12. The van der Waals surface area contributed by atoms with E-state index in [0.717, 1.165) is 18.7 Å². The van der Waals surface area contributed by atoms with Crippen molar-refractivity contribution >= 4 is 0 Å². The Kier molecular flexibility index (Phi) is 4.55. The Balaban J connectivity index is 1.91. The zero-order valence-corrected chi connectivity index (χ0v) is 10.7. The third-order valence-electron chi connectivity index (χ3n) is 3.44. The molecule has 0 bridgehead atoms. The molecule has 1 aromatic carbocycles. The first-order valence-electron chi connectivity index (χ1n) is 6.78. The molecule has 1 nitrogen and oxygen atoms in total. The average molecular weight is 235 g/mol. The van der Waals surface area contributed by atoms with Crippen LogP contribution in [0.2, 0.25) is 0 Å². The molecule has 1 aliphatic rings. The van der Waals surface area contributed by atoms with Gasteiger partial charge in [-0.05, 0) is 31.9 Å². The lowest BCUT2D eigenvalue weighted by molar-refractivity contribution is 0.245. The number of halogens is 1. The molecule has 1 aliphatic carbocycles. The third kappa shape index (κ3) is 3.81. The molecule has 1 saturated carbocycles. The van der Waals surface area contributed by atoms with Crippen LogP contribution in [-0.4, -0.2) is 17.5 Å². The molecule has 0 spiro atoms. The Labute approximate surface area is 104 Å². The second kappa shape index (κ2) is 6.15. The molecule has 0 atom stereocenters. The second-order valence-corrected chi connectivity index (χ2v) is 5.00. The van der Waals surface area contributed by atoms with Crippen LogP contribution in [-0.2, 0) is 6.54 Å². The van der Waals surface area contributed by atoms with E-state index in [2.05, 4.69) is 11.8 Å². The zero-order valence-electron chi connectivity index (χ0n) is 10.7. The fourth-order valence-corrected chi connectivity index (χ4v) is 2.24. The summed E-state index contributed by atoms with van der Waals surface area (Å²) in [6, 6.07) is 7.87. The van der Waals surface area contributed by atoms with Gasteiger partial charge in [-0.25, -0.2) is 4.39 Å². The van der Waals surface area contributed by atoms with Crippen molar-refractivity contribution in [3.63, 3.8) is 0 Å². The fourth-order valence-electron chi connectivity index (χ4n) is 2.24. The topological polar surface area (TPSA) is 3.24 Å². The smallest absolute Gasteiger partial charge is 0.127 e. The van der Waals surface area contributed by atoms with Gasteiger partial charge in [0.25, 0.3) is 0 Å². The van der Waals surface area contributed by atoms with Gasteiger partial charge in [-0.2, -0.15) is 0 Å². The highest BCUT2D eigenvalue weighted by molar-refractivity contribution is 5.17. The van der Waals surface area contributed by atoms with E-state index in [4.69, 9.17) is 0 Å². The summed E-state index contributed by atoms with van der Waals surface area (Å²) < 4.78 is 13.6. The first-order valence-corrected chi connectivity index (χ1v) is 6.78. The third-order valence-corrected chi connectivity index (χ3v) is 3.44. The van der Waals surface area contributed by atoms with Crippen molar-refractivity contribution in [3.8, 4) is 0 Å². The van der Waals surface area contributed by atoms with Crippen LogP contribution in [0.4, 0.5) is 4.39 Å².